The summed E-state index contributed by atoms with van der Waals surface area (Å²) in [5.74, 6) is 0.533. The number of aromatic nitrogens is 1. The van der Waals surface area contributed by atoms with Crippen molar-refractivity contribution in [2.45, 2.75) is 39.2 Å². The molecule has 4 nitrogen and oxygen atoms in total. The van der Waals surface area contributed by atoms with E-state index in [0.717, 1.165) is 36.2 Å². The number of H-pyrrole nitrogens is 1. The van der Waals surface area contributed by atoms with Crippen molar-refractivity contribution in [2.75, 3.05) is 11.9 Å². The summed E-state index contributed by atoms with van der Waals surface area (Å²) in [7, 11) is 0. The van der Waals surface area contributed by atoms with Crippen LogP contribution in [-0.4, -0.2) is 28.8 Å². The summed E-state index contributed by atoms with van der Waals surface area (Å²) < 4.78 is 0. The first-order valence-corrected chi connectivity index (χ1v) is 10.7. The predicted molar refractivity (Wildman–Crippen MR) is 124 cm³/mol. The highest BCUT2D eigenvalue weighted by atomic mass is 32.1. The van der Waals surface area contributed by atoms with Gasteiger partial charge in [-0.15, -0.1) is 0 Å². The maximum Gasteiger partial charge on any atom is 0.255 e. The van der Waals surface area contributed by atoms with Crippen LogP contribution in [0.4, 0.5) is 5.69 Å². The number of aryl methyl sites for hydroxylation is 1. The van der Waals surface area contributed by atoms with Gasteiger partial charge in [-0.1, -0.05) is 38.2 Å². The fourth-order valence-corrected chi connectivity index (χ4v) is 4.25. The van der Waals surface area contributed by atoms with E-state index in [-0.39, 0.29) is 5.91 Å². The van der Waals surface area contributed by atoms with E-state index in [4.69, 9.17) is 12.2 Å². The van der Waals surface area contributed by atoms with Gasteiger partial charge in [-0.2, -0.15) is 0 Å². The summed E-state index contributed by atoms with van der Waals surface area (Å²) >= 11 is 4.97. The SMILES string of the molecule is CC(C)NCC1CCc2[nH]c3ccc(NC(=O)c4cccc(C=S)c4)cc3c2C1. The van der Waals surface area contributed by atoms with E-state index in [2.05, 4.69) is 41.6 Å². The van der Waals surface area contributed by atoms with E-state index in [1.165, 1.54) is 23.1 Å². The lowest BCUT2D eigenvalue weighted by atomic mass is 9.86. The number of hydrogen-bond donors (Lipinski definition) is 3. The van der Waals surface area contributed by atoms with E-state index >= 15 is 0 Å². The van der Waals surface area contributed by atoms with Gasteiger partial charge in [0.15, 0.2) is 0 Å². The molecule has 1 atom stereocenters. The highest BCUT2D eigenvalue weighted by Gasteiger charge is 2.23. The molecule has 1 heterocycles. The standard InChI is InChI=1S/C24H27N3OS/c1-15(2)25-13-16-6-8-22-20(11-16)21-12-19(7-9-23(21)27-22)26-24(28)18-5-3-4-17(10-18)14-29/h3-5,7,9-10,12,14-16,25,27H,6,8,11,13H2,1-2H3,(H,26,28). The number of nitrogens with one attached hydrogen (secondary N) is 3. The maximum atomic E-state index is 12.7. The van der Waals surface area contributed by atoms with Gasteiger partial charge >= 0.3 is 0 Å². The van der Waals surface area contributed by atoms with E-state index in [0.29, 0.717) is 17.5 Å². The lowest BCUT2D eigenvalue weighted by Crippen LogP contribution is -2.31. The third-order valence-electron chi connectivity index (χ3n) is 5.65. The van der Waals surface area contributed by atoms with Gasteiger partial charge in [-0.3, -0.25) is 4.79 Å². The first-order valence-electron chi connectivity index (χ1n) is 10.3. The summed E-state index contributed by atoms with van der Waals surface area (Å²) in [6, 6.07) is 14.0. The molecule has 1 aromatic heterocycles. The van der Waals surface area contributed by atoms with Gasteiger partial charge in [0.1, 0.15) is 0 Å². The van der Waals surface area contributed by atoms with Crippen LogP contribution in [0.3, 0.4) is 0 Å². The molecule has 3 N–H and O–H groups in total. The van der Waals surface area contributed by atoms with Crippen molar-refractivity contribution >= 4 is 40.1 Å². The molecule has 0 spiro atoms. The van der Waals surface area contributed by atoms with Crippen LogP contribution in [0.2, 0.25) is 0 Å². The molecule has 150 valence electrons. The van der Waals surface area contributed by atoms with Crippen LogP contribution in [0.1, 0.15) is 47.4 Å². The molecule has 0 saturated carbocycles. The Morgan fingerprint density at radius 1 is 1.28 bits per heavy atom. The second kappa shape index (κ2) is 8.47. The van der Waals surface area contributed by atoms with Crippen LogP contribution in [0.15, 0.2) is 42.5 Å². The monoisotopic (exact) mass is 405 g/mol. The Balaban J connectivity index is 1.55. The zero-order valence-electron chi connectivity index (χ0n) is 16.9. The minimum absolute atomic E-state index is 0.119. The number of anilines is 1. The predicted octanol–water partition coefficient (Wildman–Crippen LogP) is 4.87. The summed E-state index contributed by atoms with van der Waals surface area (Å²) in [5, 5.41) is 9.42. The molecule has 4 rings (SSSR count). The van der Waals surface area contributed by atoms with E-state index < -0.39 is 0 Å². The van der Waals surface area contributed by atoms with Gasteiger partial charge < -0.3 is 15.6 Å². The van der Waals surface area contributed by atoms with Crippen molar-refractivity contribution in [2.24, 2.45) is 5.92 Å². The minimum atomic E-state index is -0.119. The molecule has 1 aliphatic carbocycles. The Bertz CT molecular complexity index is 1050. The van der Waals surface area contributed by atoms with Crippen molar-refractivity contribution in [1.29, 1.82) is 0 Å². The van der Waals surface area contributed by atoms with E-state index in [1.54, 1.807) is 11.4 Å². The van der Waals surface area contributed by atoms with E-state index in [9.17, 15) is 4.79 Å². The Labute approximate surface area is 177 Å². The first-order chi connectivity index (χ1) is 14.0. The van der Waals surface area contributed by atoms with Crippen molar-refractivity contribution in [3.8, 4) is 0 Å². The third kappa shape index (κ3) is 4.41. The highest BCUT2D eigenvalue weighted by molar-refractivity contribution is 7.79. The largest absolute Gasteiger partial charge is 0.358 e. The number of hydrogen-bond acceptors (Lipinski definition) is 3. The quantitative estimate of drug-likeness (QED) is 0.513. The second-order valence-electron chi connectivity index (χ2n) is 8.21. The minimum Gasteiger partial charge on any atom is -0.358 e. The number of thiocarbonyl (C=S) groups is 1. The molecule has 0 saturated heterocycles. The van der Waals surface area contributed by atoms with Crippen LogP contribution in [-0.2, 0) is 12.8 Å². The summed E-state index contributed by atoms with van der Waals surface area (Å²) in [4.78, 5) is 16.3. The fourth-order valence-electron chi connectivity index (χ4n) is 4.10. The number of benzene rings is 2. The Kier molecular flexibility index (Phi) is 5.79. The van der Waals surface area contributed by atoms with Gasteiger partial charge in [-0.25, -0.2) is 0 Å². The van der Waals surface area contributed by atoms with Gasteiger partial charge in [0.25, 0.3) is 5.91 Å². The van der Waals surface area contributed by atoms with Crippen molar-refractivity contribution in [3.05, 3.63) is 64.8 Å². The molecular formula is C24H27N3OS. The second-order valence-corrected chi connectivity index (χ2v) is 8.45. The average Bonchev–Trinajstić information content (AvgIpc) is 3.09. The molecule has 0 radical (unpaired) electrons. The van der Waals surface area contributed by atoms with Gasteiger partial charge in [0, 0.05) is 39.3 Å². The van der Waals surface area contributed by atoms with Crippen molar-refractivity contribution in [3.63, 3.8) is 0 Å². The molecule has 0 aliphatic heterocycles. The lowest BCUT2D eigenvalue weighted by Gasteiger charge is -2.24. The Hall–Kier alpha value is -2.50. The number of carbonyl (C=O) groups is 1. The van der Waals surface area contributed by atoms with Gasteiger partial charge in [0.05, 0.1) is 0 Å². The molecule has 0 fully saturated rings. The fraction of sp³-hybridized carbons (Fsp3) is 0.333. The molecule has 0 bridgehead atoms. The molecule has 1 aliphatic rings. The van der Waals surface area contributed by atoms with Gasteiger partial charge in [-0.05, 0) is 73.2 Å². The smallest absolute Gasteiger partial charge is 0.255 e. The van der Waals surface area contributed by atoms with Crippen LogP contribution >= 0.6 is 12.2 Å². The van der Waals surface area contributed by atoms with Crippen LogP contribution in [0, 0.1) is 5.92 Å². The number of carbonyl (C=O) groups excluding carboxylic acids is 1. The Morgan fingerprint density at radius 2 is 2.14 bits per heavy atom. The number of amides is 1. The molecule has 2 aromatic carbocycles. The van der Waals surface area contributed by atoms with Crippen LogP contribution in [0.5, 0.6) is 0 Å². The molecular weight excluding hydrogens is 378 g/mol. The average molecular weight is 406 g/mol. The molecule has 3 aromatic rings. The summed E-state index contributed by atoms with van der Waals surface area (Å²) in [6.07, 6.45) is 3.36. The van der Waals surface area contributed by atoms with Crippen molar-refractivity contribution in [1.82, 2.24) is 10.3 Å². The molecule has 5 heteroatoms. The number of aromatic amines is 1. The topological polar surface area (TPSA) is 56.9 Å². The number of rotatable bonds is 6. The maximum absolute atomic E-state index is 12.7. The van der Waals surface area contributed by atoms with Crippen molar-refractivity contribution < 1.29 is 4.79 Å². The first kappa shape index (κ1) is 19.8. The normalized spacial score (nSPS) is 16.0. The van der Waals surface area contributed by atoms with Gasteiger partial charge in [0.2, 0.25) is 0 Å². The highest BCUT2D eigenvalue weighted by Crippen LogP contribution is 2.33. The zero-order chi connectivity index (χ0) is 20.4. The number of fused-ring (bicyclic) bond motifs is 3. The van der Waals surface area contributed by atoms with Crippen LogP contribution in [0.25, 0.3) is 10.9 Å². The molecule has 29 heavy (non-hydrogen) atoms. The van der Waals surface area contributed by atoms with Crippen LogP contribution < -0.4 is 10.6 Å². The summed E-state index contributed by atoms with van der Waals surface area (Å²) in [6.45, 7) is 5.44. The zero-order valence-corrected chi connectivity index (χ0v) is 17.7. The Morgan fingerprint density at radius 3 is 2.93 bits per heavy atom. The van der Waals surface area contributed by atoms with E-state index in [1.807, 2.05) is 24.3 Å². The molecule has 1 amide bonds. The third-order valence-corrected chi connectivity index (χ3v) is 5.92. The molecule has 1 unspecified atom stereocenters. The summed E-state index contributed by atoms with van der Waals surface area (Å²) in [5.41, 5.74) is 6.19. The lowest BCUT2D eigenvalue weighted by molar-refractivity contribution is 0.102.